The van der Waals surface area contributed by atoms with Crippen molar-refractivity contribution in [1.29, 1.82) is 0 Å². The highest BCUT2D eigenvalue weighted by Crippen LogP contribution is 2.63. The minimum absolute atomic E-state index is 0.151. The number of carbonyl (C=O) groups is 1. The third kappa shape index (κ3) is 4.24. The molecule has 0 radical (unpaired) electrons. The van der Waals surface area contributed by atoms with Crippen LogP contribution >= 0.6 is 0 Å². The molecule has 0 amide bonds. The summed E-state index contributed by atoms with van der Waals surface area (Å²) in [5.74, 6) is 2.42. The summed E-state index contributed by atoms with van der Waals surface area (Å²) in [7, 11) is 0. The lowest BCUT2D eigenvalue weighted by atomic mass is 9.76. The number of esters is 1. The second-order valence-electron chi connectivity index (χ2n) is 10.9. The summed E-state index contributed by atoms with van der Waals surface area (Å²) in [4.78, 5) is 13.2. The number of furan rings is 1. The van der Waals surface area contributed by atoms with Gasteiger partial charge in [0.1, 0.15) is 23.7 Å². The van der Waals surface area contributed by atoms with Crippen LogP contribution in [0.5, 0.6) is 0 Å². The fourth-order valence-corrected chi connectivity index (χ4v) is 7.04. The van der Waals surface area contributed by atoms with Gasteiger partial charge in [0.2, 0.25) is 0 Å². The van der Waals surface area contributed by atoms with E-state index in [1.54, 1.807) is 12.1 Å². The Morgan fingerprint density at radius 2 is 1.84 bits per heavy atom. The van der Waals surface area contributed by atoms with Crippen LogP contribution in [0.2, 0.25) is 0 Å². The first-order chi connectivity index (χ1) is 18.5. The molecule has 3 aliphatic rings. The summed E-state index contributed by atoms with van der Waals surface area (Å²) in [5, 5.41) is 11.0. The fourth-order valence-electron chi connectivity index (χ4n) is 7.04. The molecule has 5 heteroatoms. The average Bonchev–Trinajstić information content (AvgIpc) is 3.69. The highest BCUT2D eigenvalue weighted by Gasteiger charge is 2.63. The van der Waals surface area contributed by atoms with Crippen LogP contribution in [0.25, 0.3) is 11.3 Å². The van der Waals surface area contributed by atoms with Gasteiger partial charge >= 0.3 is 5.97 Å². The van der Waals surface area contributed by atoms with E-state index in [2.05, 4.69) is 18.2 Å². The minimum Gasteiger partial charge on any atom is -0.461 e. The second-order valence-corrected chi connectivity index (χ2v) is 10.9. The van der Waals surface area contributed by atoms with E-state index in [-0.39, 0.29) is 17.8 Å². The smallest absolute Gasteiger partial charge is 0.338 e. The van der Waals surface area contributed by atoms with Crippen molar-refractivity contribution in [2.75, 3.05) is 0 Å². The van der Waals surface area contributed by atoms with Gasteiger partial charge < -0.3 is 19.0 Å². The molecule has 7 unspecified atom stereocenters. The third-order valence-electron chi connectivity index (χ3n) is 8.68. The molecule has 5 nitrogen and oxygen atoms in total. The zero-order chi connectivity index (χ0) is 26.4. The number of hydrogen-bond donors (Lipinski definition) is 1. The first kappa shape index (κ1) is 24.9. The Balaban J connectivity index is 1.33. The van der Waals surface area contributed by atoms with Gasteiger partial charge in [-0.05, 0) is 92.3 Å². The molecule has 0 spiro atoms. The topological polar surface area (TPSA) is 68.9 Å². The molecular weight excluding hydrogens is 476 g/mol. The number of aryl methyl sites for hydroxylation is 1. The van der Waals surface area contributed by atoms with Crippen LogP contribution in [0.3, 0.4) is 0 Å². The molecule has 1 aromatic heterocycles. The zero-order valence-electron chi connectivity index (χ0n) is 22.0. The normalized spacial score (nSPS) is 28.5. The van der Waals surface area contributed by atoms with Crippen molar-refractivity contribution in [1.82, 2.24) is 0 Å². The maximum atomic E-state index is 13.2. The van der Waals surface area contributed by atoms with Crippen LogP contribution in [-0.4, -0.2) is 29.6 Å². The molecule has 2 saturated carbocycles. The van der Waals surface area contributed by atoms with Gasteiger partial charge in [-0.2, -0.15) is 0 Å². The summed E-state index contributed by atoms with van der Waals surface area (Å²) in [5.41, 5.74) is 5.05. The van der Waals surface area contributed by atoms with Gasteiger partial charge in [0.05, 0.1) is 5.56 Å². The van der Waals surface area contributed by atoms with E-state index >= 15 is 0 Å². The highest BCUT2D eigenvalue weighted by molar-refractivity contribution is 5.89. The largest absolute Gasteiger partial charge is 0.461 e. The van der Waals surface area contributed by atoms with E-state index in [9.17, 15) is 9.90 Å². The predicted molar refractivity (Wildman–Crippen MR) is 146 cm³/mol. The molecule has 2 aromatic carbocycles. The molecule has 1 N–H and O–H groups in total. The van der Waals surface area contributed by atoms with Gasteiger partial charge in [-0.25, -0.2) is 4.79 Å². The number of rotatable bonds is 7. The molecular formula is C33H34O5. The SMILES string of the molecule is C/C=C\C=C(/C)C(O)OC1C2CC(C3Cc4c(-c5ccc(C)o5)cccc4C32)C1OC(=O)c1ccccc1. The zero-order valence-corrected chi connectivity index (χ0v) is 22.0. The molecule has 0 aliphatic heterocycles. The van der Waals surface area contributed by atoms with E-state index in [1.165, 1.54) is 11.1 Å². The number of carbonyl (C=O) groups excluding carboxylic acids is 1. The van der Waals surface area contributed by atoms with Crippen molar-refractivity contribution in [3.63, 3.8) is 0 Å². The van der Waals surface area contributed by atoms with E-state index < -0.39 is 18.5 Å². The van der Waals surface area contributed by atoms with E-state index in [0.29, 0.717) is 17.4 Å². The lowest BCUT2D eigenvalue weighted by Gasteiger charge is -2.38. The van der Waals surface area contributed by atoms with Gasteiger partial charge in [-0.1, -0.05) is 54.6 Å². The molecule has 3 aliphatic carbocycles. The minimum atomic E-state index is -1.06. The Kier molecular flexibility index (Phi) is 6.58. The van der Waals surface area contributed by atoms with Gasteiger partial charge in [-0.15, -0.1) is 0 Å². The van der Waals surface area contributed by atoms with Gasteiger partial charge in [0.15, 0.2) is 6.29 Å². The molecule has 2 fully saturated rings. The van der Waals surface area contributed by atoms with Gasteiger partial charge in [-0.3, -0.25) is 0 Å². The van der Waals surface area contributed by atoms with E-state index in [0.717, 1.165) is 35.5 Å². The third-order valence-corrected chi connectivity index (χ3v) is 8.68. The summed E-state index contributed by atoms with van der Waals surface area (Å²) < 4.78 is 18.6. The maximum absolute atomic E-state index is 13.2. The second kappa shape index (κ2) is 10.0. The number of benzene rings is 2. The van der Waals surface area contributed by atoms with Crippen LogP contribution < -0.4 is 0 Å². The summed E-state index contributed by atoms with van der Waals surface area (Å²) in [6, 6.07) is 19.6. The van der Waals surface area contributed by atoms with Crippen LogP contribution in [0.4, 0.5) is 0 Å². The summed E-state index contributed by atoms with van der Waals surface area (Å²) >= 11 is 0. The Hall–Kier alpha value is -3.41. The number of allylic oxidation sites excluding steroid dienone is 3. The maximum Gasteiger partial charge on any atom is 0.338 e. The number of hydrogen-bond acceptors (Lipinski definition) is 5. The van der Waals surface area contributed by atoms with Crippen molar-refractivity contribution in [3.05, 3.63) is 107 Å². The average molecular weight is 511 g/mol. The molecule has 3 aromatic rings. The van der Waals surface area contributed by atoms with E-state index in [4.69, 9.17) is 13.9 Å². The Morgan fingerprint density at radius 3 is 2.58 bits per heavy atom. The number of aliphatic hydroxyl groups is 1. The molecule has 196 valence electrons. The van der Waals surface area contributed by atoms with E-state index in [1.807, 2.05) is 69.3 Å². The van der Waals surface area contributed by atoms with Crippen molar-refractivity contribution in [2.24, 2.45) is 17.8 Å². The number of fused-ring (bicyclic) bond motifs is 7. The molecule has 1 heterocycles. The molecule has 0 saturated heterocycles. The molecule has 6 rings (SSSR count). The quantitative estimate of drug-likeness (QED) is 0.220. The molecule has 38 heavy (non-hydrogen) atoms. The van der Waals surface area contributed by atoms with Crippen molar-refractivity contribution in [3.8, 4) is 11.3 Å². The first-order valence-corrected chi connectivity index (χ1v) is 13.5. The van der Waals surface area contributed by atoms with Crippen LogP contribution in [0.1, 0.15) is 53.4 Å². The van der Waals surface area contributed by atoms with Crippen molar-refractivity contribution in [2.45, 2.75) is 58.0 Å². The fraction of sp³-hybridized carbons (Fsp3) is 0.364. The standard InChI is InChI=1S/C33H34O5/c1-4-5-10-19(2)32(34)37-31-27-18-26(30(31)38-33(35)21-11-7-6-8-12-21)25-17-24-22(28-16-15-20(3)36-28)13-9-14-23(24)29(25)27/h4-16,25-27,29-32,34H,17-18H2,1-3H3/b5-4-,19-10+. The van der Waals surface area contributed by atoms with Gasteiger partial charge in [0.25, 0.3) is 0 Å². The number of aliphatic hydroxyl groups excluding tert-OH is 1. The summed E-state index contributed by atoms with van der Waals surface area (Å²) in [6.45, 7) is 5.75. The lowest BCUT2D eigenvalue weighted by molar-refractivity contribution is -0.168. The number of ether oxygens (including phenoxy) is 2. The van der Waals surface area contributed by atoms with Crippen LogP contribution in [0, 0.1) is 24.7 Å². The molecule has 2 bridgehead atoms. The van der Waals surface area contributed by atoms with Crippen LogP contribution in [0.15, 0.2) is 88.9 Å². The Labute approximate surface area is 223 Å². The Morgan fingerprint density at radius 1 is 1.03 bits per heavy atom. The van der Waals surface area contributed by atoms with Gasteiger partial charge in [0, 0.05) is 11.5 Å². The van der Waals surface area contributed by atoms with Crippen molar-refractivity contribution < 1.29 is 23.8 Å². The van der Waals surface area contributed by atoms with Crippen LogP contribution in [-0.2, 0) is 15.9 Å². The monoisotopic (exact) mass is 510 g/mol. The lowest BCUT2D eigenvalue weighted by Crippen LogP contribution is -2.46. The highest BCUT2D eigenvalue weighted by atomic mass is 16.6. The molecule has 7 atom stereocenters. The predicted octanol–water partition coefficient (Wildman–Crippen LogP) is 6.61. The first-order valence-electron chi connectivity index (χ1n) is 13.5. The summed E-state index contributed by atoms with van der Waals surface area (Å²) in [6.07, 6.45) is 5.62. The van der Waals surface area contributed by atoms with Crippen molar-refractivity contribution >= 4 is 5.97 Å². The Bertz CT molecular complexity index is 1380.